The maximum absolute atomic E-state index is 13.2. The van der Waals surface area contributed by atoms with E-state index in [-0.39, 0.29) is 29.6 Å². The topological polar surface area (TPSA) is 84.0 Å². The van der Waals surface area contributed by atoms with Crippen LogP contribution in [0.4, 0.5) is 4.39 Å². The number of fused-ring (bicyclic) bond motifs is 1. The fourth-order valence-electron chi connectivity index (χ4n) is 2.99. The van der Waals surface area contributed by atoms with E-state index < -0.39 is 11.5 Å². The zero-order valence-electron chi connectivity index (χ0n) is 15.4. The molecule has 2 aromatic carbocycles. The van der Waals surface area contributed by atoms with Crippen LogP contribution < -0.4 is 16.6 Å². The van der Waals surface area contributed by atoms with E-state index >= 15 is 0 Å². The number of halogens is 2. The molecule has 30 heavy (non-hydrogen) atoms. The molecule has 0 aliphatic heterocycles. The first-order valence-electron chi connectivity index (χ1n) is 8.94. The average molecular weight is 444 g/mol. The highest BCUT2D eigenvalue weighted by Gasteiger charge is 2.11. The molecule has 0 unspecified atom stereocenters. The molecule has 2 N–H and O–H groups in total. The fraction of sp³-hybridized carbons (Fsp3) is 0.0952. The smallest absolute Gasteiger partial charge is 0.329 e. The number of nitrogens with one attached hydrogen (secondary N) is 2. The molecule has 0 spiro atoms. The van der Waals surface area contributed by atoms with Crippen molar-refractivity contribution in [2.45, 2.75) is 13.1 Å². The molecule has 0 fully saturated rings. The van der Waals surface area contributed by atoms with Gasteiger partial charge in [-0.2, -0.15) is 0 Å². The number of H-pyrrole nitrogens is 1. The molecule has 4 aromatic rings. The van der Waals surface area contributed by atoms with Gasteiger partial charge in [0.1, 0.15) is 10.5 Å². The highest BCUT2D eigenvalue weighted by atomic mass is 35.5. The minimum atomic E-state index is -0.515. The third kappa shape index (κ3) is 4.05. The van der Waals surface area contributed by atoms with E-state index in [1.165, 1.54) is 23.5 Å². The summed E-state index contributed by atoms with van der Waals surface area (Å²) in [5.74, 6) is -0.824. The van der Waals surface area contributed by atoms with Gasteiger partial charge >= 0.3 is 5.69 Å². The highest BCUT2D eigenvalue weighted by Crippen LogP contribution is 2.16. The molecule has 0 aliphatic carbocycles. The summed E-state index contributed by atoms with van der Waals surface area (Å²) < 4.78 is 14.8. The maximum Gasteiger partial charge on any atom is 0.329 e. The fourth-order valence-corrected chi connectivity index (χ4v) is 3.99. The second-order valence-electron chi connectivity index (χ2n) is 6.61. The Morgan fingerprint density at radius 2 is 1.83 bits per heavy atom. The van der Waals surface area contributed by atoms with Crippen molar-refractivity contribution in [2.24, 2.45) is 0 Å². The van der Waals surface area contributed by atoms with Gasteiger partial charge in [0, 0.05) is 12.1 Å². The van der Waals surface area contributed by atoms with Crippen molar-refractivity contribution in [3.8, 4) is 0 Å². The van der Waals surface area contributed by atoms with Gasteiger partial charge in [-0.05, 0) is 46.8 Å². The van der Waals surface area contributed by atoms with Crippen LogP contribution in [0.3, 0.4) is 0 Å². The van der Waals surface area contributed by atoms with Crippen LogP contribution >= 0.6 is 22.9 Å². The van der Waals surface area contributed by atoms with Crippen molar-refractivity contribution in [3.63, 3.8) is 0 Å². The van der Waals surface area contributed by atoms with Crippen molar-refractivity contribution < 1.29 is 9.18 Å². The first-order valence-corrected chi connectivity index (χ1v) is 10.2. The van der Waals surface area contributed by atoms with Gasteiger partial charge in [-0.25, -0.2) is 9.18 Å². The number of carbonyl (C=O) groups excluding carboxylic acids is 1. The van der Waals surface area contributed by atoms with E-state index in [9.17, 15) is 18.8 Å². The third-order valence-corrected chi connectivity index (χ3v) is 5.78. The molecule has 6 nitrogen and oxygen atoms in total. The van der Waals surface area contributed by atoms with Crippen LogP contribution in [0.2, 0.25) is 5.02 Å². The van der Waals surface area contributed by atoms with Gasteiger partial charge < -0.3 is 10.3 Å². The summed E-state index contributed by atoms with van der Waals surface area (Å²) >= 11 is 7.02. The second kappa shape index (κ2) is 8.25. The van der Waals surface area contributed by atoms with E-state index in [2.05, 4.69) is 10.3 Å². The summed E-state index contributed by atoms with van der Waals surface area (Å²) in [4.78, 5) is 39.7. The first-order chi connectivity index (χ1) is 14.4. The summed E-state index contributed by atoms with van der Waals surface area (Å²) in [5, 5.41) is 4.48. The number of aromatic nitrogens is 2. The van der Waals surface area contributed by atoms with Gasteiger partial charge in [-0.3, -0.25) is 14.2 Å². The Kier molecular flexibility index (Phi) is 5.52. The number of hydrogen-bond donors (Lipinski definition) is 2. The van der Waals surface area contributed by atoms with E-state index in [0.717, 1.165) is 4.57 Å². The van der Waals surface area contributed by atoms with Gasteiger partial charge in [-0.1, -0.05) is 29.8 Å². The quantitative estimate of drug-likeness (QED) is 0.495. The Morgan fingerprint density at radius 1 is 1.10 bits per heavy atom. The van der Waals surface area contributed by atoms with Gasteiger partial charge in [0.15, 0.2) is 0 Å². The molecule has 2 heterocycles. The van der Waals surface area contributed by atoms with E-state index in [0.29, 0.717) is 26.9 Å². The largest absolute Gasteiger partial charge is 0.348 e. The Bertz CT molecular complexity index is 1360. The van der Waals surface area contributed by atoms with E-state index in [4.69, 9.17) is 11.6 Å². The summed E-state index contributed by atoms with van der Waals surface area (Å²) in [6.45, 7) is 0.296. The molecular weight excluding hydrogens is 429 g/mol. The minimum Gasteiger partial charge on any atom is -0.348 e. The van der Waals surface area contributed by atoms with E-state index in [1.807, 2.05) is 0 Å². The van der Waals surface area contributed by atoms with Gasteiger partial charge in [-0.15, -0.1) is 11.3 Å². The molecule has 1 amide bonds. The zero-order chi connectivity index (χ0) is 21.3. The van der Waals surface area contributed by atoms with Crippen molar-refractivity contribution in [1.29, 1.82) is 0 Å². The predicted octanol–water partition coefficient (Wildman–Crippen LogP) is 3.52. The molecule has 4 rings (SSSR count). The standard InChI is InChI=1S/C21H15ClFN3O3S/c22-15-9-13(3-6-16(15)23)10-24-19(27)14-4-1-12(2-5-14)11-26-20(28)18-17(7-8-30-18)25-21(26)29/h1-9H,10-11H2,(H,24,27)(H,25,29). The Balaban J connectivity index is 1.46. The van der Waals surface area contributed by atoms with Crippen molar-refractivity contribution in [3.05, 3.63) is 102 Å². The summed E-state index contributed by atoms with van der Waals surface area (Å²) in [6.07, 6.45) is 0. The molecule has 0 saturated heterocycles. The van der Waals surface area contributed by atoms with Crippen molar-refractivity contribution in [1.82, 2.24) is 14.9 Å². The van der Waals surface area contributed by atoms with Crippen LogP contribution in [0.25, 0.3) is 10.2 Å². The van der Waals surface area contributed by atoms with Crippen molar-refractivity contribution in [2.75, 3.05) is 0 Å². The number of nitrogens with zero attached hydrogens (tertiary/aromatic N) is 1. The van der Waals surface area contributed by atoms with Gasteiger partial charge in [0.05, 0.1) is 17.1 Å². The summed E-state index contributed by atoms with van der Waals surface area (Å²) in [6, 6.07) is 12.6. The predicted molar refractivity (Wildman–Crippen MR) is 115 cm³/mol. The Labute approximate surface area is 178 Å². The molecule has 152 valence electrons. The Hall–Kier alpha value is -3.23. The van der Waals surface area contributed by atoms with Crippen LogP contribution in [-0.2, 0) is 13.1 Å². The van der Waals surface area contributed by atoms with Crippen LogP contribution in [0.15, 0.2) is 63.5 Å². The second-order valence-corrected chi connectivity index (χ2v) is 7.94. The lowest BCUT2D eigenvalue weighted by atomic mass is 10.1. The molecule has 0 aliphatic rings. The number of thiophene rings is 1. The molecular formula is C21H15ClFN3O3S. The van der Waals surface area contributed by atoms with Gasteiger partial charge in [0.2, 0.25) is 0 Å². The zero-order valence-corrected chi connectivity index (χ0v) is 17.0. The number of amides is 1. The minimum absolute atomic E-state index is 0.00271. The number of benzene rings is 2. The van der Waals surface area contributed by atoms with Gasteiger partial charge in [0.25, 0.3) is 11.5 Å². The Morgan fingerprint density at radius 3 is 2.57 bits per heavy atom. The van der Waals surface area contributed by atoms with Crippen molar-refractivity contribution >= 4 is 39.1 Å². The third-order valence-electron chi connectivity index (χ3n) is 4.59. The lowest BCUT2D eigenvalue weighted by Gasteiger charge is -2.08. The maximum atomic E-state index is 13.2. The SMILES string of the molecule is O=C(NCc1ccc(F)c(Cl)c1)c1ccc(Cn2c(=O)[nH]c3ccsc3c2=O)cc1. The molecule has 0 atom stereocenters. The average Bonchev–Trinajstić information content (AvgIpc) is 3.20. The molecule has 9 heteroatoms. The molecule has 0 radical (unpaired) electrons. The summed E-state index contributed by atoms with van der Waals surface area (Å²) in [5.41, 5.74) is 1.51. The molecule has 0 bridgehead atoms. The van der Waals surface area contributed by atoms with Crippen LogP contribution in [0.5, 0.6) is 0 Å². The lowest BCUT2D eigenvalue weighted by molar-refractivity contribution is 0.0951. The van der Waals surface area contributed by atoms with E-state index in [1.54, 1.807) is 41.8 Å². The monoisotopic (exact) mass is 443 g/mol. The first kappa shape index (κ1) is 20.1. The highest BCUT2D eigenvalue weighted by molar-refractivity contribution is 7.17. The number of rotatable bonds is 5. The number of aromatic amines is 1. The number of carbonyl (C=O) groups is 1. The normalized spacial score (nSPS) is 11.0. The van der Waals surface area contributed by atoms with Crippen LogP contribution in [0, 0.1) is 5.82 Å². The summed E-state index contributed by atoms with van der Waals surface area (Å²) in [7, 11) is 0. The lowest BCUT2D eigenvalue weighted by Crippen LogP contribution is -2.34. The van der Waals surface area contributed by atoms with Crippen LogP contribution in [0.1, 0.15) is 21.5 Å². The number of hydrogen-bond acceptors (Lipinski definition) is 4. The molecule has 2 aromatic heterocycles. The molecule has 0 saturated carbocycles. The van der Waals surface area contributed by atoms with Crippen LogP contribution in [-0.4, -0.2) is 15.5 Å².